The molecule has 0 spiro atoms. The second-order valence-electron chi connectivity index (χ2n) is 1.51. The molecular formula is C6H12N. The zero-order valence-electron chi connectivity index (χ0n) is 4.78. The van der Waals surface area contributed by atoms with Crippen LogP contribution in [0.4, 0.5) is 0 Å². The lowest BCUT2D eigenvalue weighted by Crippen LogP contribution is -1.77. The quantitative estimate of drug-likeness (QED) is 0.419. The Bertz CT molecular complexity index is 48.1. The zero-order chi connectivity index (χ0) is 5.54. The van der Waals surface area contributed by atoms with Gasteiger partial charge in [-0.2, -0.15) is 0 Å². The molecule has 7 heavy (non-hydrogen) atoms. The van der Waals surface area contributed by atoms with E-state index in [0.29, 0.717) is 0 Å². The van der Waals surface area contributed by atoms with Crippen molar-refractivity contribution in [1.82, 2.24) is 0 Å². The number of nitrogens with two attached hydrogens (primary N) is 1. The summed E-state index contributed by atoms with van der Waals surface area (Å²) in [7, 11) is 0. The van der Waals surface area contributed by atoms with Crippen LogP contribution in [0.2, 0.25) is 0 Å². The van der Waals surface area contributed by atoms with Crippen molar-refractivity contribution in [3.8, 4) is 0 Å². The molecular weight excluding hydrogens is 86.1 g/mol. The van der Waals surface area contributed by atoms with Crippen LogP contribution in [-0.2, 0) is 0 Å². The van der Waals surface area contributed by atoms with Crippen LogP contribution in [0.25, 0.3) is 0 Å². The van der Waals surface area contributed by atoms with E-state index in [-0.39, 0.29) is 0 Å². The van der Waals surface area contributed by atoms with Crippen molar-refractivity contribution in [2.45, 2.75) is 26.2 Å². The third kappa shape index (κ3) is 5.54. The molecule has 1 heteroatoms. The maximum atomic E-state index is 4.96. The lowest BCUT2D eigenvalue weighted by Gasteiger charge is -1.83. The van der Waals surface area contributed by atoms with Gasteiger partial charge in [-0.25, -0.2) is 0 Å². The van der Waals surface area contributed by atoms with Crippen LogP contribution in [0.15, 0.2) is 6.08 Å². The van der Waals surface area contributed by atoms with E-state index < -0.39 is 0 Å². The van der Waals surface area contributed by atoms with Crippen LogP contribution in [-0.4, -0.2) is 0 Å². The summed E-state index contributed by atoms with van der Waals surface area (Å²) < 4.78 is 0. The monoisotopic (exact) mass is 98.1 g/mol. The fourth-order valence-electron chi connectivity index (χ4n) is 0.390. The van der Waals surface area contributed by atoms with Crippen LogP contribution < -0.4 is 5.73 Å². The molecule has 0 fully saturated rings. The molecule has 0 aliphatic heterocycles. The standard InChI is InChI=1S/C6H12N/c1-2-3-4-5-6-7/h5H,2-4,7H2,1H3. The third-order valence-electron chi connectivity index (χ3n) is 0.820. The van der Waals surface area contributed by atoms with Crippen LogP contribution in [0.3, 0.4) is 0 Å². The summed E-state index contributed by atoms with van der Waals surface area (Å²) in [6.45, 7) is 2.16. The van der Waals surface area contributed by atoms with E-state index in [9.17, 15) is 0 Å². The van der Waals surface area contributed by atoms with Crippen molar-refractivity contribution in [3.63, 3.8) is 0 Å². The second-order valence-corrected chi connectivity index (χ2v) is 1.51. The van der Waals surface area contributed by atoms with Gasteiger partial charge in [0.15, 0.2) is 0 Å². The molecule has 0 aromatic heterocycles. The van der Waals surface area contributed by atoms with E-state index in [4.69, 9.17) is 5.73 Å². The van der Waals surface area contributed by atoms with E-state index in [2.05, 4.69) is 13.1 Å². The van der Waals surface area contributed by atoms with Gasteiger partial charge < -0.3 is 5.73 Å². The topological polar surface area (TPSA) is 26.0 Å². The SMILES string of the molecule is CCCC/C=[C]\N. The number of hydrogen-bond donors (Lipinski definition) is 1. The highest BCUT2D eigenvalue weighted by atomic mass is 14.5. The number of allylic oxidation sites excluding steroid dienone is 1. The van der Waals surface area contributed by atoms with Crippen molar-refractivity contribution in [3.05, 3.63) is 12.3 Å². The molecule has 0 atom stereocenters. The van der Waals surface area contributed by atoms with E-state index in [1.165, 1.54) is 12.8 Å². The fraction of sp³-hybridized carbons (Fsp3) is 0.667. The first-order valence-electron chi connectivity index (χ1n) is 2.69. The molecule has 0 unspecified atom stereocenters. The molecule has 0 heterocycles. The molecule has 0 bridgehead atoms. The van der Waals surface area contributed by atoms with E-state index in [1.807, 2.05) is 6.08 Å². The van der Waals surface area contributed by atoms with Crippen LogP contribution in [0.1, 0.15) is 26.2 Å². The maximum absolute atomic E-state index is 4.96. The van der Waals surface area contributed by atoms with Crippen molar-refractivity contribution >= 4 is 0 Å². The Morgan fingerprint density at radius 3 is 2.86 bits per heavy atom. The molecule has 0 aromatic carbocycles. The van der Waals surface area contributed by atoms with Gasteiger partial charge in [0.05, 0.1) is 6.20 Å². The predicted octanol–water partition coefficient (Wildman–Crippen LogP) is 1.45. The zero-order valence-corrected chi connectivity index (χ0v) is 4.78. The molecule has 0 rings (SSSR count). The van der Waals surface area contributed by atoms with E-state index in [1.54, 1.807) is 0 Å². The van der Waals surface area contributed by atoms with Gasteiger partial charge in [-0.05, 0) is 12.8 Å². The first-order chi connectivity index (χ1) is 3.41. The molecule has 0 saturated carbocycles. The highest BCUT2D eigenvalue weighted by Crippen LogP contribution is 1.92. The average molecular weight is 98.2 g/mol. The molecule has 1 nitrogen and oxygen atoms in total. The van der Waals surface area contributed by atoms with Crippen molar-refractivity contribution in [1.29, 1.82) is 0 Å². The van der Waals surface area contributed by atoms with Crippen LogP contribution in [0, 0.1) is 6.20 Å². The minimum Gasteiger partial charge on any atom is -0.397 e. The summed E-state index contributed by atoms with van der Waals surface area (Å²) in [6, 6.07) is 0. The predicted molar refractivity (Wildman–Crippen MR) is 31.5 cm³/mol. The number of hydrogen-bond acceptors (Lipinski definition) is 1. The first-order valence-corrected chi connectivity index (χ1v) is 2.69. The van der Waals surface area contributed by atoms with Gasteiger partial charge >= 0.3 is 0 Å². The van der Waals surface area contributed by atoms with Crippen molar-refractivity contribution < 1.29 is 0 Å². The molecule has 41 valence electrons. The number of rotatable bonds is 3. The summed E-state index contributed by atoms with van der Waals surface area (Å²) in [5, 5.41) is 0. The average Bonchev–Trinajstić information content (AvgIpc) is 1.69. The largest absolute Gasteiger partial charge is 0.397 e. The van der Waals surface area contributed by atoms with Gasteiger partial charge in [0, 0.05) is 0 Å². The summed E-state index contributed by atoms with van der Waals surface area (Å²) in [6.07, 6.45) is 7.88. The Balaban J connectivity index is 2.69. The third-order valence-corrected chi connectivity index (χ3v) is 0.820. The minimum absolute atomic E-state index is 1.08. The Morgan fingerprint density at radius 1 is 1.71 bits per heavy atom. The van der Waals surface area contributed by atoms with Gasteiger partial charge in [0.2, 0.25) is 0 Å². The Labute approximate surface area is 45.2 Å². The van der Waals surface area contributed by atoms with Crippen molar-refractivity contribution in [2.24, 2.45) is 5.73 Å². The molecule has 0 aliphatic carbocycles. The number of unbranched alkanes of at least 4 members (excludes halogenated alkanes) is 2. The van der Waals surface area contributed by atoms with E-state index in [0.717, 1.165) is 6.42 Å². The van der Waals surface area contributed by atoms with Gasteiger partial charge in [-0.3, -0.25) is 0 Å². The second kappa shape index (κ2) is 5.54. The highest BCUT2D eigenvalue weighted by molar-refractivity contribution is 4.67. The molecule has 0 saturated heterocycles. The summed E-state index contributed by atoms with van der Waals surface area (Å²) >= 11 is 0. The first kappa shape index (κ1) is 6.54. The molecule has 0 aliphatic rings. The van der Waals surface area contributed by atoms with Crippen LogP contribution >= 0.6 is 0 Å². The Kier molecular flexibility index (Phi) is 5.18. The van der Waals surface area contributed by atoms with Gasteiger partial charge in [0.1, 0.15) is 0 Å². The fourth-order valence-corrected chi connectivity index (χ4v) is 0.390. The molecule has 1 radical (unpaired) electrons. The summed E-state index contributed by atoms with van der Waals surface area (Å²) in [5.41, 5.74) is 4.96. The molecule has 0 amide bonds. The molecule has 0 aromatic rings. The summed E-state index contributed by atoms with van der Waals surface area (Å²) in [5.74, 6) is 0. The normalized spacial score (nSPS) is 10.4. The molecule has 2 N–H and O–H groups in total. The maximum Gasteiger partial charge on any atom is 0.0503 e. The lowest BCUT2D eigenvalue weighted by molar-refractivity contribution is 0.812. The van der Waals surface area contributed by atoms with E-state index >= 15 is 0 Å². The highest BCUT2D eigenvalue weighted by Gasteiger charge is 1.73. The summed E-state index contributed by atoms with van der Waals surface area (Å²) in [4.78, 5) is 0. The van der Waals surface area contributed by atoms with Gasteiger partial charge in [-0.15, -0.1) is 0 Å². The van der Waals surface area contributed by atoms with Gasteiger partial charge in [0.25, 0.3) is 0 Å². The van der Waals surface area contributed by atoms with Crippen LogP contribution in [0.5, 0.6) is 0 Å². The van der Waals surface area contributed by atoms with Crippen molar-refractivity contribution in [2.75, 3.05) is 0 Å². The Hall–Kier alpha value is -0.460. The minimum atomic E-state index is 1.08. The van der Waals surface area contributed by atoms with Gasteiger partial charge in [-0.1, -0.05) is 19.4 Å². The lowest BCUT2D eigenvalue weighted by atomic mass is 10.2. The smallest absolute Gasteiger partial charge is 0.0503 e. The Morgan fingerprint density at radius 2 is 2.43 bits per heavy atom.